The molecule has 0 saturated carbocycles. The average molecular weight is 401 g/mol. The summed E-state index contributed by atoms with van der Waals surface area (Å²) in [5.41, 5.74) is 1.43. The predicted molar refractivity (Wildman–Crippen MR) is 107 cm³/mol. The van der Waals surface area contributed by atoms with Crippen LogP contribution in [0, 0.1) is 0 Å². The summed E-state index contributed by atoms with van der Waals surface area (Å²) in [4.78, 5) is 18.7. The minimum absolute atomic E-state index is 0.0727. The first-order chi connectivity index (χ1) is 13.5. The van der Waals surface area contributed by atoms with Gasteiger partial charge in [0.25, 0.3) is 0 Å². The van der Waals surface area contributed by atoms with Crippen molar-refractivity contribution in [1.82, 2.24) is 15.0 Å². The van der Waals surface area contributed by atoms with Crippen LogP contribution < -0.4 is 10.1 Å². The molecule has 3 rings (SSSR count). The number of carbonyl (C=O) groups excluding carboxylic acids is 1. The Morgan fingerprint density at radius 3 is 2.68 bits per heavy atom. The highest BCUT2D eigenvalue weighted by molar-refractivity contribution is 6.30. The number of amides is 2. The number of aromatic nitrogens is 2. The molecule has 0 bridgehead atoms. The molecule has 1 N–H and O–H groups in total. The molecule has 0 aliphatic carbocycles. The number of halogens is 1. The van der Waals surface area contributed by atoms with Crippen molar-refractivity contribution in [2.75, 3.05) is 12.4 Å². The van der Waals surface area contributed by atoms with E-state index in [9.17, 15) is 4.79 Å². The van der Waals surface area contributed by atoms with E-state index in [0.29, 0.717) is 28.2 Å². The van der Waals surface area contributed by atoms with Gasteiger partial charge in [-0.2, -0.15) is 4.98 Å². The first-order valence-electron chi connectivity index (χ1n) is 8.76. The van der Waals surface area contributed by atoms with E-state index in [1.54, 1.807) is 36.3 Å². The zero-order valence-corrected chi connectivity index (χ0v) is 16.6. The molecule has 1 aromatic heterocycles. The number of rotatable bonds is 6. The summed E-state index contributed by atoms with van der Waals surface area (Å²) < 4.78 is 10.5. The molecule has 28 heavy (non-hydrogen) atoms. The van der Waals surface area contributed by atoms with Crippen LogP contribution in [0.15, 0.2) is 53.1 Å². The van der Waals surface area contributed by atoms with Crippen LogP contribution in [0.2, 0.25) is 5.02 Å². The van der Waals surface area contributed by atoms with Crippen molar-refractivity contribution in [2.45, 2.75) is 26.4 Å². The molecule has 1 heterocycles. The highest BCUT2D eigenvalue weighted by atomic mass is 35.5. The van der Waals surface area contributed by atoms with E-state index >= 15 is 0 Å². The maximum atomic E-state index is 12.7. The predicted octanol–water partition coefficient (Wildman–Crippen LogP) is 4.84. The number of anilines is 1. The number of nitrogens with zero attached hydrogens (tertiary/aromatic N) is 3. The molecule has 0 spiro atoms. The molecule has 3 aromatic rings. The van der Waals surface area contributed by atoms with E-state index in [2.05, 4.69) is 15.5 Å². The van der Waals surface area contributed by atoms with Crippen LogP contribution in [0.3, 0.4) is 0 Å². The zero-order chi connectivity index (χ0) is 20.1. The topological polar surface area (TPSA) is 80.5 Å². The number of benzene rings is 2. The van der Waals surface area contributed by atoms with Gasteiger partial charge in [0.15, 0.2) is 0 Å². The third kappa shape index (κ3) is 4.80. The zero-order valence-electron chi connectivity index (χ0n) is 15.8. The molecular weight excluding hydrogens is 380 g/mol. The van der Waals surface area contributed by atoms with Gasteiger partial charge in [-0.15, -0.1) is 0 Å². The largest absolute Gasteiger partial charge is 0.497 e. The van der Waals surface area contributed by atoms with E-state index in [-0.39, 0.29) is 18.6 Å². The number of ether oxygens (including phenoxy) is 1. The maximum Gasteiger partial charge on any atom is 0.322 e. The number of methoxy groups -OCH3 is 1. The van der Waals surface area contributed by atoms with Crippen LogP contribution in [0.4, 0.5) is 10.5 Å². The van der Waals surface area contributed by atoms with Gasteiger partial charge in [0, 0.05) is 28.4 Å². The molecule has 8 heteroatoms. The molecule has 0 aliphatic rings. The van der Waals surface area contributed by atoms with Crippen molar-refractivity contribution in [2.24, 2.45) is 0 Å². The Balaban J connectivity index is 1.72. The van der Waals surface area contributed by atoms with Crippen molar-refractivity contribution in [3.05, 3.63) is 59.4 Å². The third-order valence-electron chi connectivity index (χ3n) is 4.08. The standard InChI is InChI=1S/C20H21ClN4O3/c1-13(2)25(20(26)22-16-5-4-6-17(11-16)27-3)12-18-23-19(24-28-18)14-7-9-15(21)10-8-14/h4-11,13H,12H2,1-3H3,(H,22,26). The van der Waals surface area contributed by atoms with Gasteiger partial charge in [0.2, 0.25) is 11.7 Å². The highest BCUT2D eigenvalue weighted by Gasteiger charge is 2.21. The fourth-order valence-electron chi connectivity index (χ4n) is 2.57. The van der Waals surface area contributed by atoms with Crippen LogP contribution in [0.1, 0.15) is 19.7 Å². The number of urea groups is 1. The van der Waals surface area contributed by atoms with Crippen LogP contribution in [-0.2, 0) is 6.54 Å². The lowest BCUT2D eigenvalue weighted by Crippen LogP contribution is -2.39. The van der Waals surface area contributed by atoms with Crippen LogP contribution in [0.5, 0.6) is 5.75 Å². The summed E-state index contributed by atoms with van der Waals surface area (Å²) in [7, 11) is 1.58. The third-order valence-corrected chi connectivity index (χ3v) is 4.33. The van der Waals surface area contributed by atoms with E-state index in [1.165, 1.54) is 0 Å². The quantitative estimate of drug-likeness (QED) is 0.640. The van der Waals surface area contributed by atoms with E-state index in [4.69, 9.17) is 20.9 Å². The smallest absolute Gasteiger partial charge is 0.322 e. The fourth-order valence-corrected chi connectivity index (χ4v) is 2.69. The van der Waals surface area contributed by atoms with Gasteiger partial charge in [-0.3, -0.25) is 0 Å². The van der Waals surface area contributed by atoms with Gasteiger partial charge in [0.05, 0.1) is 7.11 Å². The molecule has 7 nitrogen and oxygen atoms in total. The first-order valence-corrected chi connectivity index (χ1v) is 9.14. The minimum Gasteiger partial charge on any atom is -0.497 e. The molecule has 0 fully saturated rings. The Morgan fingerprint density at radius 1 is 1.25 bits per heavy atom. The van der Waals surface area contributed by atoms with E-state index < -0.39 is 0 Å². The second-order valence-corrected chi connectivity index (χ2v) is 6.84. The van der Waals surface area contributed by atoms with Gasteiger partial charge in [-0.1, -0.05) is 22.8 Å². The summed E-state index contributed by atoms with van der Waals surface area (Å²) in [6.07, 6.45) is 0. The second kappa shape index (κ2) is 8.75. The molecule has 146 valence electrons. The van der Waals surface area contributed by atoms with Crippen LogP contribution in [-0.4, -0.2) is 34.2 Å². The van der Waals surface area contributed by atoms with Crippen molar-refractivity contribution in [3.8, 4) is 17.1 Å². The van der Waals surface area contributed by atoms with Crippen molar-refractivity contribution < 1.29 is 14.1 Å². The second-order valence-electron chi connectivity index (χ2n) is 6.40. The molecular formula is C20H21ClN4O3. The van der Waals surface area contributed by atoms with Gasteiger partial charge < -0.3 is 19.5 Å². The van der Waals surface area contributed by atoms with Gasteiger partial charge >= 0.3 is 6.03 Å². The number of hydrogen-bond acceptors (Lipinski definition) is 5. The molecule has 0 unspecified atom stereocenters. The summed E-state index contributed by atoms with van der Waals surface area (Å²) in [5.74, 6) is 1.46. The monoisotopic (exact) mass is 400 g/mol. The first kappa shape index (κ1) is 19.7. The van der Waals surface area contributed by atoms with Gasteiger partial charge in [-0.25, -0.2) is 4.79 Å². The molecule has 0 atom stereocenters. The Hall–Kier alpha value is -3.06. The van der Waals surface area contributed by atoms with Crippen molar-refractivity contribution in [3.63, 3.8) is 0 Å². The number of nitrogens with one attached hydrogen (secondary N) is 1. The fraction of sp³-hybridized carbons (Fsp3) is 0.250. The lowest BCUT2D eigenvalue weighted by molar-refractivity contribution is 0.182. The Bertz CT molecular complexity index is 941. The maximum absolute atomic E-state index is 12.7. The number of hydrogen-bond donors (Lipinski definition) is 1. The molecule has 0 aliphatic heterocycles. The highest BCUT2D eigenvalue weighted by Crippen LogP contribution is 2.21. The van der Waals surface area contributed by atoms with E-state index in [1.807, 2.05) is 38.1 Å². The van der Waals surface area contributed by atoms with Crippen LogP contribution >= 0.6 is 11.6 Å². The summed E-state index contributed by atoms with van der Waals surface area (Å²) in [5, 5.41) is 7.49. The van der Waals surface area contributed by atoms with Gasteiger partial charge in [0.1, 0.15) is 12.3 Å². The molecule has 0 saturated heterocycles. The lowest BCUT2D eigenvalue weighted by Gasteiger charge is -2.25. The summed E-state index contributed by atoms with van der Waals surface area (Å²) in [6, 6.07) is 14.0. The molecule has 0 radical (unpaired) electrons. The molecule has 2 aromatic carbocycles. The molecule has 2 amide bonds. The normalized spacial score (nSPS) is 10.8. The average Bonchev–Trinajstić information content (AvgIpc) is 3.15. The van der Waals surface area contributed by atoms with Crippen molar-refractivity contribution in [1.29, 1.82) is 0 Å². The SMILES string of the molecule is COc1cccc(NC(=O)N(Cc2nc(-c3ccc(Cl)cc3)no2)C(C)C)c1. The van der Waals surface area contributed by atoms with Gasteiger partial charge in [-0.05, 0) is 50.2 Å². The Morgan fingerprint density at radius 2 is 2.00 bits per heavy atom. The summed E-state index contributed by atoms with van der Waals surface area (Å²) in [6.45, 7) is 4.03. The summed E-state index contributed by atoms with van der Waals surface area (Å²) >= 11 is 5.91. The van der Waals surface area contributed by atoms with Crippen LogP contribution in [0.25, 0.3) is 11.4 Å². The van der Waals surface area contributed by atoms with Crippen molar-refractivity contribution >= 4 is 23.3 Å². The lowest BCUT2D eigenvalue weighted by atomic mass is 10.2. The number of carbonyl (C=O) groups is 1. The Kier molecular flexibility index (Phi) is 6.16. The van der Waals surface area contributed by atoms with E-state index in [0.717, 1.165) is 5.56 Å². The minimum atomic E-state index is -0.269. The Labute approximate surface area is 168 Å².